The summed E-state index contributed by atoms with van der Waals surface area (Å²) in [6.07, 6.45) is 0.337. The summed E-state index contributed by atoms with van der Waals surface area (Å²) in [5.74, 6) is -0.187. The predicted molar refractivity (Wildman–Crippen MR) is 78.2 cm³/mol. The maximum atomic E-state index is 11.8. The zero-order valence-corrected chi connectivity index (χ0v) is 11.8. The average Bonchev–Trinajstić information content (AvgIpc) is 2.42. The van der Waals surface area contributed by atoms with Crippen LogP contribution >= 0.6 is 0 Å². The molecule has 1 aromatic heterocycles. The number of anilines is 2. The number of aromatic nitrogens is 1. The van der Waals surface area contributed by atoms with Crippen molar-refractivity contribution in [3.05, 3.63) is 17.8 Å². The molecule has 1 rings (SSSR count). The Hall–Kier alpha value is -2.31. The van der Waals surface area contributed by atoms with E-state index in [4.69, 9.17) is 11.5 Å². The highest BCUT2D eigenvalue weighted by Gasteiger charge is 2.10. The lowest BCUT2D eigenvalue weighted by molar-refractivity contribution is -0.130. The van der Waals surface area contributed by atoms with Gasteiger partial charge in [0.15, 0.2) is 0 Å². The number of hydrogen-bond acceptors (Lipinski definition) is 5. The van der Waals surface area contributed by atoms with Gasteiger partial charge in [-0.25, -0.2) is 4.98 Å². The van der Waals surface area contributed by atoms with E-state index in [-0.39, 0.29) is 11.6 Å². The van der Waals surface area contributed by atoms with Gasteiger partial charge in [-0.15, -0.1) is 0 Å². The lowest BCUT2D eigenvalue weighted by atomic mass is 10.3. The van der Waals surface area contributed by atoms with E-state index in [2.05, 4.69) is 10.3 Å². The van der Waals surface area contributed by atoms with Crippen molar-refractivity contribution in [3.8, 4) is 0 Å². The lowest BCUT2D eigenvalue weighted by Crippen LogP contribution is -2.31. The standard InChI is InChI=1S/C13H21N5O2/c1-3-18(4-2)11(19)7-8-16-13-9(14)5-6-10(17-13)12(15)20/h5-6H,3-4,7-8,14H2,1-2H3,(H2,15,20)(H,16,17). The number of carbonyl (C=O) groups is 2. The topological polar surface area (TPSA) is 114 Å². The zero-order valence-electron chi connectivity index (χ0n) is 11.8. The predicted octanol–water partition coefficient (Wildman–Crippen LogP) is 0.433. The van der Waals surface area contributed by atoms with Crippen LogP contribution in [0.5, 0.6) is 0 Å². The number of nitrogens with one attached hydrogen (secondary N) is 1. The Balaban J connectivity index is 2.60. The van der Waals surface area contributed by atoms with Gasteiger partial charge in [-0.05, 0) is 26.0 Å². The van der Waals surface area contributed by atoms with Crippen LogP contribution in [0.15, 0.2) is 12.1 Å². The molecule has 20 heavy (non-hydrogen) atoms. The second-order valence-corrected chi connectivity index (χ2v) is 4.24. The average molecular weight is 279 g/mol. The molecule has 0 spiro atoms. The maximum Gasteiger partial charge on any atom is 0.267 e. The molecule has 0 aromatic carbocycles. The molecular formula is C13H21N5O2. The number of nitrogens with two attached hydrogens (primary N) is 2. The van der Waals surface area contributed by atoms with E-state index in [1.54, 1.807) is 11.0 Å². The summed E-state index contributed by atoms with van der Waals surface area (Å²) in [5, 5.41) is 2.95. The molecule has 1 heterocycles. The summed E-state index contributed by atoms with van der Waals surface area (Å²) in [5.41, 5.74) is 11.4. The molecular weight excluding hydrogens is 258 g/mol. The Kier molecular flexibility index (Phi) is 5.76. The molecule has 0 aliphatic rings. The van der Waals surface area contributed by atoms with Gasteiger partial charge in [0.05, 0.1) is 5.69 Å². The molecule has 1 aromatic rings. The molecule has 0 atom stereocenters. The van der Waals surface area contributed by atoms with E-state index < -0.39 is 5.91 Å². The van der Waals surface area contributed by atoms with Crippen LogP contribution < -0.4 is 16.8 Å². The molecule has 0 saturated heterocycles. The summed E-state index contributed by atoms with van der Waals surface area (Å²) >= 11 is 0. The Labute approximate surface area is 118 Å². The number of rotatable bonds is 7. The first-order chi connectivity index (χ1) is 9.49. The highest BCUT2D eigenvalue weighted by molar-refractivity contribution is 5.91. The van der Waals surface area contributed by atoms with Crippen molar-refractivity contribution in [2.45, 2.75) is 20.3 Å². The van der Waals surface area contributed by atoms with E-state index in [1.165, 1.54) is 6.07 Å². The van der Waals surface area contributed by atoms with Gasteiger partial charge in [0.1, 0.15) is 11.5 Å². The van der Waals surface area contributed by atoms with Crippen LogP contribution in [0, 0.1) is 0 Å². The van der Waals surface area contributed by atoms with Crippen LogP contribution in [0.3, 0.4) is 0 Å². The lowest BCUT2D eigenvalue weighted by Gasteiger charge is -2.18. The maximum absolute atomic E-state index is 11.8. The van der Waals surface area contributed by atoms with Gasteiger partial charge in [0.2, 0.25) is 5.91 Å². The third-order valence-corrected chi connectivity index (χ3v) is 2.93. The molecule has 0 bridgehead atoms. The SMILES string of the molecule is CCN(CC)C(=O)CCNc1nc(C(N)=O)ccc1N. The molecule has 110 valence electrons. The van der Waals surface area contributed by atoms with Crippen LogP contribution in [0.25, 0.3) is 0 Å². The summed E-state index contributed by atoms with van der Waals surface area (Å²) in [4.78, 5) is 28.6. The molecule has 0 radical (unpaired) electrons. The van der Waals surface area contributed by atoms with Crippen LogP contribution in [-0.2, 0) is 4.79 Å². The van der Waals surface area contributed by atoms with E-state index in [0.29, 0.717) is 37.6 Å². The number of primary amides is 1. The number of carbonyl (C=O) groups excluding carboxylic acids is 2. The van der Waals surface area contributed by atoms with Crippen LogP contribution in [0.4, 0.5) is 11.5 Å². The van der Waals surface area contributed by atoms with Crippen molar-refractivity contribution in [2.75, 3.05) is 30.7 Å². The number of amides is 2. The smallest absolute Gasteiger partial charge is 0.267 e. The third kappa shape index (κ3) is 4.11. The fraction of sp³-hybridized carbons (Fsp3) is 0.462. The van der Waals surface area contributed by atoms with Crippen LogP contribution in [0.2, 0.25) is 0 Å². The van der Waals surface area contributed by atoms with Gasteiger partial charge in [-0.3, -0.25) is 9.59 Å². The first kappa shape index (κ1) is 15.7. The molecule has 0 aliphatic heterocycles. The van der Waals surface area contributed by atoms with Crippen LogP contribution in [0.1, 0.15) is 30.8 Å². The normalized spacial score (nSPS) is 10.1. The molecule has 7 nitrogen and oxygen atoms in total. The van der Waals surface area contributed by atoms with Gasteiger partial charge in [-0.1, -0.05) is 0 Å². The molecule has 2 amide bonds. The summed E-state index contributed by atoms with van der Waals surface area (Å²) < 4.78 is 0. The van der Waals surface area contributed by atoms with Gasteiger partial charge >= 0.3 is 0 Å². The van der Waals surface area contributed by atoms with Crippen molar-refractivity contribution in [3.63, 3.8) is 0 Å². The van der Waals surface area contributed by atoms with E-state index in [9.17, 15) is 9.59 Å². The molecule has 5 N–H and O–H groups in total. The molecule has 0 unspecified atom stereocenters. The summed E-state index contributed by atoms with van der Waals surface area (Å²) in [6, 6.07) is 3.02. The quantitative estimate of drug-likeness (QED) is 0.669. The molecule has 0 saturated carbocycles. The van der Waals surface area contributed by atoms with Crippen molar-refractivity contribution < 1.29 is 9.59 Å². The zero-order chi connectivity index (χ0) is 15.1. The van der Waals surface area contributed by atoms with Crippen molar-refractivity contribution in [1.82, 2.24) is 9.88 Å². The minimum atomic E-state index is -0.618. The summed E-state index contributed by atoms with van der Waals surface area (Å²) in [6.45, 7) is 5.64. The van der Waals surface area contributed by atoms with Crippen molar-refractivity contribution in [1.29, 1.82) is 0 Å². The van der Waals surface area contributed by atoms with E-state index in [0.717, 1.165) is 0 Å². The van der Waals surface area contributed by atoms with Gasteiger partial charge in [-0.2, -0.15) is 0 Å². The second kappa shape index (κ2) is 7.32. The minimum absolute atomic E-state index is 0.0622. The fourth-order valence-electron chi connectivity index (χ4n) is 1.77. The molecule has 7 heteroatoms. The van der Waals surface area contributed by atoms with Crippen molar-refractivity contribution >= 4 is 23.3 Å². The molecule has 0 aliphatic carbocycles. The van der Waals surface area contributed by atoms with E-state index >= 15 is 0 Å². The Morgan fingerprint density at radius 3 is 2.50 bits per heavy atom. The second-order valence-electron chi connectivity index (χ2n) is 4.24. The minimum Gasteiger partial charge on any atom is -0.396 e. The largest absolute Gasteiger partial charge is 0.396 e. The van der Waals surface area contributed by atoms with Crippen LogP contribution in [-0.4, -0.2) is 41.3 Å². The van der Waals surface area contributed by atoms with Crippen molar-refractivity contribution in [2.24, 2.45) is 5.73 Å². The highest BCUT2D eigenvalue weighted by Crippen LogP contribution is 2.15. The first-order valence-electron chi connectivity index (χ1n) is 6.57. The molecule has 0 fully saturated rings. The Bertz CT molecular complexity index is 486. The highest BCUT2D eigenvalue weighted by atomic mass is 16.2. The number of nitrogen functional groups attached to an aromatic ring is 1. The fourth-order valence-corrected chi connectivity index (χ4v) is 1.77. The van der Waals surface area contributed by atoms with E-state index in [1.807, 2.05) is 13.8 Å². The number of hydrogen-bond donors (Lipinski definition) is 3. The first-order valence-corrected chi connectivity index (χ1v) is 6.57. The number of nitrogens with zero attached hydrogens (tertiary/aromatic N) is 2. The van der Waals surface area contributed by atoms with Gasteiger partial charge in [0, 0.05) is 26.1 Å². The number of pyridine rings is 1. The monoisotopic (exact) mass is 279 g/mol. The Morgan fingerprint density at radius 2 is 1.95 bits per heavy atom. The van der Waals surface area contributed by atoms with Gasteiger partial charge < -0.3 is 21.7 Å². The third-order valence-electron chi connectivity index (χ3n) is 2.93. The van der Waals surface area contributed by atoms with Gasteiger partial charge in [0.25, 0.3) is 5.91 Å². The Morgan fingerprint density at radius 1 is 1.30 bits per heavy atom. The summed E-state index contributed by atoms with van der Waals surface area (Å²) in [7, 11) is 0.